The van der Waals surface area contributed by atoms with Crippen LogP contribution in [0.1, 0.15) is 18.9 Å². The molecule has 18 heavy (non-hydrogen) atoms. The molecule has 4 heteroatoms. The molecule has 1 heterocycles. The average molecular weight is 251 g/mol. The summed E-state index contributed by atoms with van der Waals surface area (Å²) in [5, 5.41) is 0. The van der Waals surface area contributed by atoms with Crippen molar-refractivity contribution >= 4 is 5.69 Å². The van der Waals surface area contributed by atoms with Gasteiger partial charge in [-0.2, -0.15) is 0 Å². The molecule has 0 bridgehead atoms. The van der Waals surface area contributed by atoms with E-state index in [1.807, 2.05) is 6.07 Å². The average Bonchev–Trinajstić information content (AvgIpc) is 2.31. The molecule has 0 amide bonds. The van der Waals surface area contributed by atoms with Crippen molar-refractivity contribution in [2.75, 3.05) is 38.5 Å². The van der Waals surface area contributed by atoms with Crippen molar-refractivity contribution < 1.29 is 4.39 Å². The molecule has 0 saturated carbocycles. The molecule has 0 radical (unpaired) electrons. The summed E-state index contributed by atoms with van der Waals surface area (Å²) < 4.78 is 13.2. The molecule has 1 saturated heterocycles. The second-order valence-corrected chi connectivity index (χ2v) is 5.01. The highest BCUT2D eigenvalue weighted by Gasteiger charge is 2.16. The molecule has 1 fully saturated rings. The first-order chi connectivity index (χ1) is 8.67. The summed E-state index contributed by atoms with van der Waals surface area (Å²) in [4.78, 5) is 4.84. The molecule has 1 aliphatic heterocycles. The predicted molar refractivity (Wildman–Crippen MR) is 72.8 cm³/mol. The number of halogens is 1. The molecule has 0 atom stereocenters. The van der Waals surface area contributed by atoms with E-state index in [0.29, 0.717) is 5.69 Å². The number of anilines is 1. The summed E-state index contributed by atoms with van der Waals surface area (Å²) in [5.41, 5.74) is 7.14. The van der Waals surface area contributed by atoms with E-state index in [0.717, 1.165) is 38.3 Å². The van der Waals surface area contributed by atoms with Crippen LogP contribution in [0.4, 0.5) is 10.1 Å². The second kappa shape index (κ2) is 6.16. The number of benzene rings is 1. The number of hydrogen-bond acceptors (Lipinski definition) is 3. The number of nitrogens with zero attached hydrogens (tertiary/aromatic N) is 2. The molecule has 0 spiro atoms. The highest BCUT2D eigenvalue weighted by molar-refractivity contribution is 5.41. The van der Waals surface area contributed by atoms with Gasteiger partial charge in [-0.25, -0.2) is 4.39 Å². The Balaban J connectivity index is 1.87. The minimum Gasteiger partial charge on any atom is -0.399 e. The van der Waals surface area contributed by atoms with Gasteiger partial charge in [0, 0.05) is 38.4 Å². The van der Waals surface area contributed by atoms with Crippen molar-refractivity contribution in [1.82, 2.24) is 9.80 Å². The van der Waals surface area contributed by atoms with Crippen molar-refractivity contribution in [2.45, 2.75) is 19.9 Å². The number of nitrogen functional groups attached to an aromatic ring is 1. The number of nitrogens with two attached hydrogens (primary N) is 1. The van der Waals surface area contributed by atoms with Crippen molar-refractivity contribution in [2.24, 2.45) is 0 Å². The van der Waals surface area contributed by atoms with E-state index in [1.54, 1.807) is 6.07 Å². The lowest BCUT2D eigenvalue weighted by Crippen LogP contribution is -2.45. The molecule has 0 aliphatic carbocycles. The zero-order valence-corrected chi connectivity index (χ0v) is 11.0. The third-order valence-corrected chi connectivity index (χ3v) is 3.39. The summed E-state index contributed by atoms with van der Waals surface area (Å²) in [6, 6.07) is 4.80. The minimum atomic E-state index is -0.241. The third kappa shape index (κ3) is 3.68. The monoisotopic (exact) mass is 251 g/mol. The Hall–Kier alpha value is -1.13. The number of hydrogen-bond donors (Lipinski definition) is 1. The summed E-state index contributed by atoms with van der Waals surface area (Å²) in [6.07, 6.45) is 1.21. The number of piperazine rings is 1. The molecule has 1 aliphatic rings. The lowest BCUT2D eigenvalue weighted by molar-refractivity contribution is 0.127. The molecule has 3 nitrogen and oxygen atoms in total. The van der Waals surface area contributed by atoms with Gasteiger partial charge in [0.1, 0.15) is 5.82 Å². The summed E-state index contributed by atoms with van der Waals surface area (Å²) in [5.74, 6) is -0.241. The van der Waals surface area contributed by atoms with Gasteiger partial charge in [0.15, 0.2) is 0 Å². The van der Waals surface area contributed by atoms with Crippen molar-refractivity contribution in [3.63, 3.8) is 0 Å². The van der Waals surface area contributed by atoms with Gasteiger partial charge >= 0.3 is 0 Å². The van der Waals surface area contributed by atoms with Crippen LogP contribution < -0.4 is 5.73 Å². The van der Waals surface area contributed by atoms with Gasteiger partial charge in [-0.3, -0.25) is 4.90 Å². The fraction of sp³-hybridized carbons (Fsp3) is 0.571. The van der Waals surface area contributed by atoms with E-state index in [4.69, 9.17) is 5.73 Å². The number of rotatable bonds is 4. The van der Waals surface area contributed by atoms with Gasteiger partial charge in [0.2, 0.25) is 0 Å². The van der Waals surface area contributed by atoms with Gasteiger partial charge in [-0.05, 0) is 36.7 Å². The molecule has 2 rings (SSSR count). The van der Waals surface area contributed by atoms with Crippen LogP contribution in [-0.2, 0) is 6.54 Å². The highest BCUT2D eigenvalue weighted by atomic mass is 19.1. The maximum Gasteiger partial charge on any atom is 0.125 e. The first-order valence-corrected chi connectivity index (χ1v) is 6.67. The normalized spacial score (nSPS) is 18.1. The largest absolute Gasteiger partial charge is 0.399 e. The summed E-state index contributed by atoms with van der Waals surface area (Å²) >= 11 is 0. The van der Waals surface area contributed by atoms with Gasteiger partial charge < -0.3 is 10.6 Å². The van der Waals surface area contributed by atoms with Gasteiger partial charge in [-0.15, -0.1) is 0 Å². The van der Waals surface area contributed by atoms with Gasteiger partial charge in [0.05, 0.1) is 0 Å². The third-order valence-electron chi connectivity index (χ3n) is 3.39. The maximum atomic E-state index is 13.2. The predicted octanol–water partition coefficient (Wildman–Crippen LogP) is 1.94. The van der Waals surface area contributed by atoms with Crippen molar-refractivity contribution in [3.05, 3.63) is 29.6 Å². The molecule has 1 aromatic rings. The topological polar surface area (TPSA) is 32.5 Å². The second-order valence-electron chi connectivity index (χ2n) is 5.01. The standard InChI is InChI=1S/C14H22FN3/c1-2-3-17-4-6-18(7-5-17)11-12-8-13(15)10-14(16)9-12/h8-10H,2-7,11,16H2,1H3. The molecule has 0 unspecified atom stereocenters. The Morgan fingerprint density at radius 3 is 2.39 bits per heavy atom. The van der Waals surface area contributed by atoms with Crippen molar-refractivity contribution in [1.29, 1.82) is 0 Å². The van der Waals surface area contributed by atoms with Crippen LogP contribution in [0.25, 0.3) is 0 Å². The Bertz CT molecular complexity index is 366. The van der Waals surface area contributed by atoms with E-state index in [-0.39, 0.29) is 5.82 Å². The van der Waals surface area contributed by atoms with Crippen LogP contribution in [0, 0.1) is 5.82 Å². The first kappa shape index (κ1) is 13.3. The molecule has 2 N–H and O–H groups in total. The van der Waals surface area contributed by atoms with Crippen LogP contribution in [0.2, 0.25) is 0 Å². The van der Waals surface area contributed by atoms with Crippen LogP contribution >= 0.6 is 0 Å². The van der Waals surface area contributed by atoms with Crippen LogP contribution in [-0.4, -0.2) is 42.5 Å². The van der Waals surface area contributed by atoms with Gasteiger partial charge in [0.25, 0.3) is 0 Å². The summed E-state index contributed by atoms with van der Waals surface area (Å²) in [7, 11) is 0. The zero-order chi connectivity index (χ0) is 13.0. The molecular formula is C14H22FN3. The van der Waals surface area contributed by atoms with Crippen molar-refractivity contribution in [3.8, 4) is 0 Å². The fourth-order valence-corrected chi connectivity index (χ4v) is 2.51. The smallest absolute Gasteiger partial charge is 0.125 e. The minimum absolute atomic E-state index is 0.241. The maximum absolute atomic E-state index is 13.2. The van der Waals surface area contributed by atoms with E-state index in [1.165, 1.54) is 19.0 Å². The Morgan fingerprint density at radius 1 is 1.11 bits per heavy atom. The first-order valence-electron chi connectivity index (χ1n) is 6.67. The molecule has 100 valence electrons. The van der Waals surface area contributed by atoms with E-state index < -0.39 is 0 Å². The molecular weight excluding hydrogens is 229 g/mol. The molecule has 0 aromatic heterocycles. The van der Waals surface area contributed by atoms with Crippen LogP contribution in [0.5, 0.6) is 0 Å². The van der Waals surface area contributed by atoms with Crippen LogP contribution in [0.15, 0.2) is 18.2 Å². The molecule has 1 aromatic carbocycles. The quantitative estimate of drug-likeness (QED) is 0.830. The SMILES string of the molecule is CCCN1CCN(Cc2cc(N)cc(F)c2)CC1. The highest BCUT2D eigenvalue weighted by Crippen LogP contribution is 2.14. The Labute approximate surface area is 108 Å². The van der Waals surface area contributed by atoms with E-state index in [9.17, 15) is 4.39 Å². The lowest BCUT2D eigenvalue weighted by atomic mass is 10.1. The van der Waals surface area contributed by atoms with Gasteiger partial charge in [-0.1, -0.05) is 6.92 Å². The Kier molecular flexibility index (Phi) is 4.55. The van der Waals surface area contributed by atoms with E-state index >= 15 is 0 Å². The fourth-order valence-electron chi connectivity index (χ4n) is 2.51. The lowest BCUT2D eigenvalue weighted by Gasteiger charge is -2.34. The zero-order valence-electron chi connectivity index (χ0n) is 11.0. The Morgan fingerprint density at radius 2 is 1.78 bits per heavy atom. The van der Waals surface area contributed by atoms with E-state index in [2.05, 4.69) is 16.7 Å². The summed E-state index contributed by atoms with van der Waals surface area (Å²) in [6.45, 7) is 8.51. The van der Waals surface area contributed by atoms with Crippen LogP contribution in [0.3, 0.4) is 0 Å².